The van der Waals surface area contributed by atoms with Crippen molar-refractivity contribution in [2.75, 3.05) is 5.32 Å². The van der Waals surface area contributed by atoms with Gasteiger partial charge in [0.15, 0.2) is 0 Å². The van der Waals surface area contributed by atoms with Crippen LogP contribution < -0.4 is 5.32 Å². The number of nitrogens with zero attached hydrogens (tertiary/aromatic N) is 1. The third kappa shape index (κ3) is 3.58. The molecule has 0 saturated heterocycles. The minimum absolute atomic E-state index is 0.259. The van der Waals surface area contributed by atoms with Gasteiger partial charge in [-0.3, -0.25) is 10.1 Å². The number of rotatable bonds is 4. The number of halogens is 3. The van der Waals surface area contributed by atoms with Gasteiger partial charge in [0, 0.05) is 13.4 Å². The van der Waals surface area contributed by atoms with Crippen LogP contribution in [0.3, 0.4) is 0 Å². The zero-order chi connectivity index (χ0) is 14.0. The molecular formula is C11H7Br3N2O3. The molecule has 0 atom stereocenters. The molecule has 1 aromatic carbocycles. The van der Waals surface area contributed by atoms with Gasteiger partial charge in [-0.05, 0) is 50.1 Å². The van der Waals surface area contributed by atoms with Gasteiger partial charge < -0.3 is 9.73 Å². The number of benzene rings is 1. The topological polar surface area (TPSA) is 68.3 Å². The number of nitrogens with one attached hydrogen (secondary N) is 1. The number of hydrogen-bond donors (Lipinski definition) is 1. The van der Waals surface area contributed by atoms with Crippen molar-refractivity contribution in [1.82, 2.24) is 0 Å². The zero-order valence-electron chi connectivity index (χ0n) is 9.32. The summed E-state index contributed by atoms with van der Waals surface area (Å²) in [7, 11) is 0. The summed E-state index contributed by atoms with van der Waals surface area (Å²) in [6.45, 7) is 0.354. The third-order valence-corrected chi connectivity index (χ3v) is 3.98. The van der Waals surface area contributed by atoms with E-state index in [1.165, 1.54) is 6.07 Å². The molecule has 19 heavy (non-hydrogen) atoms. The van der Waals surface area contributed by atoms with E-state index in [0.717, 1.165) is 19.1 Å². The van der Waals surface area contributed by atoms with Crippen molar-refractivity contribution < 1.29 is 9.34 Å². The lowest BCUT2D eigenvalue weighted by atomic mass is 10.3. The lowest BCUT2D eigenvalue weighted by Gasteiger charge is -2.10. The summed E-state index contributed by atoms with van der Waals surface area (Å²) in [5.74, 6) is 0.235. The molecule has 0 radical (unpaired) electrons. The van der Waals surface area contributed by atoms with E-state index in [0.29, 0.717) is 12.3 Å². The average Bonchev–Trinajstić information content (AvgIpc) is 2.76. The summed E-state index contributed by atoms with van der Waals surface area (Å²) in [6, 6.07) is 6.71. The quantitative estimate of drug-likeness (QED) is 0.516. The molecule has 0 bridgehead atoms. The molecule has 0 amide bonds. The van der Waals surface area contributed by atoms with Gasteiger partial charge >= 0.3 is 5.88 Å². The van der Waals surface area contributed by atoms with Crippen LogP contribution in [0.25, 0.3) is 0 Å². The van der Waals surface area contributed by atoms with E-state index < -0.39 is 4.92 Å². The van der Waals surface area contributed by atoms with Crippen LogP contribution >= 0.6 is 47.8 Å². The normalized spacial score (nSPS) is 10.5. The Labute approximate surface area is 133 Å². The Bertz CT molecular complexity index is 604. The maximum atomic E-state index is 10.5. The highest BCUT2D eigenvalue weighted by Gasteiger charge is 2.12. The van der Waals surface area contributed by atoms with Gasteiger partial charge in [-0.15, -0.1) is 0 Å². The van der Waals surface area contributed by atoms with Gasteiger partial charge in [0.25, 0.3) is 0 Å². The fraction of sp³-hybridized carbons (Fsp3) is 0.0909. The van der Waals surface area contributed by atoms with Crippen LogP contribution in [0, 0.1) is 10.1 Å². The molecule has 1 heterocycles. The molecule has 0 saturated carbocycles. The SMILES string of the molecule is O=[N+]([O-])c1ccc(CNc2c(Br)cc(Br)cc2Br)o1. The molecule has 0 fully saturated rings. The summed E-state index contributed by atoms with van der Waals surface area (Å²) in [5, 5.41) is 13.7. The van der Waals surface area contributed by atoms with E-state index in [9.17, 15) is 10.1 Å². The summed E-state index contributed by atoms with van der Waals surface area (Å²) in [4.78, 5) is 9.94. The van der Waals surface area contributed by atoms with Gasteiger partial charge in [0.1, 0.15) is 10.7 Å². The predicted molar refractivity (Wildman–Crippen MR) is 82.2 cm³/mol. The maximum absolute atomic E-state index is 10.5. The number of nitro groups is 1. The van der Waals surface area contributed by atoms with Crippen molar-refractivity contribution in [2.45, 2.75) is 6.54 Å². The Balaban J connectivity index is 2.12. The van der Waals surface area contributed by atoms with E-state index in [4.69, 9.17) is 4.42 Å². The molecule has 2 aromatic rings. The van der Waals surface area contributed by atoms with E-state index >= 15 is 0 Å². The van der Waals surface area contributed by atoms with Crippen molar-refractivity contribution in [2.24, 2.45) is 0 Å². The van der Waals surface area contributed by atoms with Crippen molar-refractivity contribution in [3.8, 4) is 0 Å². The predicted octanol–water partition coefficient (Wildman–Crippen LogP) is 5.09. The van der Waals surface area contributed by atoms with E-state index in [1.807, 2.05) is 12.1 Å². The zero-order valence-corrected chi connectivity index (χ0v) is 14.1. The summed E-state index contributed by atoms with van der Waals surface area (Å²) >= 11 is 10.3. The first-order valence-corrected chi connectivity index (χ1v) is 7.47. The second-order valence-electron chi connectivity index (χ2n) is 3.60. The molecule has 8 heteroatoms. The first-order chi connectivity index (χ1) is 8.97. The van der Waals surface area contributed by atoms with Crippen molar-refractivity contribution in [3.63, 3.8) is 0 Å². The second kappa shape index (κ2) is 6.06. The monoisotopic (exact) mass is 452 g/mol. The minimum Gasteiger partial charge on any atom is -0.404 e. The molecule has 5 nitrogen and oxygen atoms in total. The minimum atomic E-state index is -0.561. The first kappa shape index (κ1) is 14.5. The molecule has 0 aliphatic rings. The van der Waals surface area contributed by atoms with Crippen molar-refractivity contribution >= 4 is 59.4 Å². The van der Waals surface area contributed by atoms with Gasteiger partial charge in [-0.1, -0.05) is 15.9 Å². The van der Waals surface area contributed by atoms with Crippen LogP contribution in [0.2, 0.25) is 0 Å². The van der Waals surface area contributed by atoms with E-state index in [-0.39, 0.29) is 5.88 Å². The molecule has 0 aliphatic carbocycles. The van der Waals surface area contributed by atoms with Crippen LogP contribution in [0.1, 0.15) is 5.76 Å². The Kier molecular flexibility index (Phi) is 4.64. The highest BCUT2D eigenvalue weighted by atomic mass is 79.9. The Morgan fingerprint density at radius 2 is 1.84 bits per heavy atom. The highest BCUT2D eigenvalue weighted by molar-refractivity contribution is 9.11. The molecule has 0 unspecified atom stereocenters. The summed E-state index contributed by atoms with van der Waals surface area (Å²) in [5.41, 5.74) is 0.849. The number of hydrogen-bond acceptors (Lipinski definition) is 4. The Morgan fingerprint density at radius 3 is 2.37 bits per heavy atom. The standard InChI is InChI=1S/C11H7Br3N2O3/c12-6-3-8(13)11(9(14)4-6)15-5-7-1-2-10(19-7)16(17)18/h1-4,15H,5H2. The van der Waals surface area contributed by atoms with Crippen LogP contribution in [-0.4, -0.2) is 4.92 Å². The Morgan fingerprint density at radius 1 is 1.21 bits per heavy atom. The van der Waals surface area contributed by atoms with E-state index in [1.54, 1.807) is 6.07 Å². The second-order valence-corrected chi connectivity index (χ2v) is 6.22. The molecule has 0 aliphatic heterocycles. The first-order valence-electron chi connectivity index (χ1n) is 5.09. The summed E-state index contributed by atoms with van der Waals surface area (Å²) < 4.78 is 7.74. The molecular weight excluding hydrogens is 448 g/mol. The Hall–Kier alpha value is -0.860. The van der Waals surface area contributed by atoms with Crippen LogP contribution in [-0.2, 0) is 6.54 Å². The number of furan rings is 1. The lowest BCUT2D eigenvalue weighted by molar-refractivity contribution is -0.402. The van der Waals surface area contributed by atoms with Crippen molar-refractivity contribution in [3.05, 3.63) is 53.6 Å². The van der Waals surface area contributed by atoms with Gasteiger partial charge in [-0.25, -0.2) is 0 Å². The summed E-state index contributed by atoms with van der Waals surface area (Å²) in [6.07, 6.45) is 0. The molecule has 1 aromatic heterocycles. The van der Waals surface area contributed by atoms with Crippen LogP contribution in [0.15, 0.2) is 42.1 Å². The highest BCUT2D eigenvalue weighted by Crippen LogP contribution is 2.34. The van der Waals surface area contributed by atoms with Crippen LogP contribution in [0.5, 0.6) is 0 Å². The van der Waals surface area contributed by atoms with E-state index in [2.05, 4.69) is 53.1 Å². The molecule has 100 valence electrons. The third-order valence-electron chi connectivity index (χ3n) is 2.27. The van der Waals surface area contributed by atoms with Crippen LogP contribution in [0.4, 0.5) is 11.6 Å². The van der Waals surface area contributed by atoms with Crippen molar-refractivity contribution in [1.29, 1.82) is 0 Å². The van der Waals surface area contributed by atoms with Gasteiger partial charge in [0.05, 0.1) is 18.3 Å². The molecule has 0 spiro atoms. The smallest absolute Gasteiger partial charge is 0.404 e. The largest absolute Gasteiger partial charge is 0.433 e. The average molecular weight is 455 g/mol. The molecule has 2 rings (SSSR count). The fourth-order valence-electron chi connectivity index (χ4n) is 1.45. The fourth-order valence-corrected chi connectivity index (χ4v) is 3.99. The molecule has 1 N–H and O–H groups in total. The van der Waals surface area contributed by atoms with Gasteiger partial charge in [-0.2, -0.15) is 0 Å². The number of anilines is 1. The van der Waals surface area contributed by atoms with Gasteiger partial charge in [0.2, 0.25) is 0 Å². The lowest BCUT2D eigenvalue weighted by Crippen LogP contribution is -2.00. The maximum Gasteiger partial charge on any atom is 0.433 e.